The molecule has 4 nitrogen and oxygen atoms in total. The number of hydrogen-bond donors (Lipinski definition) is 1. The molecule has 0 aliphatic carbocycles. The van der Waals surface area contributed by atoms with Crippen LogP contribution in [-0.2, 0) is 0 Å². The number of halogens is 1. The number of amides is 1. The molecule has 0 aromatic carbocycles. The predicted octanol–water partition coefficient (Wildman–Crippen LogP) is 1.56. The molecule has 0 saturated carbocycles. The van der Waals surface area contributed by atoms with Gasteiger partial charge in [-0.2, -0.15) is 0 Å². The summed E-state index contributed by atoms with van der Waals surface area (Å²) in [5, 5.41) is 0. The maximum absolute atomic E-state index is 13.1. The minimum Gasteiger partial charge on any atom is -0.332 e. The minimum absolute atomic E-state index is 0.0458. The van der Waals surface area contributed by atoms with Crippen LogP contribution in [0, 0.1) is 5.82 Å². The molecule has 18 heavy (non-hydrogen) atoms. The van der Waals surface area contributed by atoms with Crippen molar-refractivity contribution < 1.29 is 9.18 Å². The molecule has 2 unspecified atom stereocenters. The van der Waals surface area contributed by atoms with Crippen LogP contribution in [0.2, 0.25) is 0 Å². The third-order valence-corrected chi connectivity index (χ3v) is 3.49. The number of pyridine rings is 1. The second-order valence-electron chi connectivity index (χ2n) is 4.77. The maximum Gasteiger partial charge on any atom is 0.256 e. The molecular weight excluding hydrogens is 233 g/mol. The Labute approximate surface area is 106 Å². The molecule has 2 heterocycles. The standard InChI is InChI=1S/C13H18FN3O/c1-9-3-2-4-12(6-15)17(9)13(18)10-5-11(14)8-16-7-10/h5,7-9,12H,2-4,6,15H2,1H3. The van der Waals surface area contributed by atoms with E-state index in [0.29, 0.717) is 12.1 Å². The fourth-order valence-electron chi connectivity index (χ4n) is 2.56. The first-order valence-electron chi connectivity index (χ1n) is 6.26. The Morgan fingerprint density at radius 2 is 2.33 bits per heavy atom. The third kappa shape index (κ3) is 2.51. The van der Waals surface area contributed by atoms with Crippen molar-refractivity contribution in [2.24, 2.45) is 5.73 Å². The Hall–Kier alpha value is -1.49. The van der Waals surface area contributed by atoms with Gasteiger partial charge in [0.1, 0.15) is 5.82 Å². The van der Waals surface area contributed by atoms with E-state index >= 15 is 0 Å². The number of carbonyl (C=O) groups excluding carboxylic acids is 1. The second kappa shape index (κ2) is 5.44. The molecule has 1 aliphatic rings. The highest BCUT2D eigenvalue weighted by molar-refractivity contribution is 5.94. The highest BCUT2D eigenvalue weighted by Crippen LogP contribution is 2.24. The van der Waals surface area contributed by atoms with Crippen LogP contribution in [0.25, 0.3) is 0 Å². The van der Waals surface area contributed by atoms with Crippen LogP contribution in [0.5, 0.6) is 0 Å². The predicted molar refractivity (Wildman–Crippen MR) is 66.5 cm³/mol. The summed E-state index contributed by atoms with van der Waals surface area (Å²) in [6.07, 6.45) is 5.45. The van der Waals surface area contributed by atoms with Gasteiger partial charge in [-0.25, -0.2) is 4.39 Å². The van der Waals surface area contributed by atoms with E-state index in [1.54, 1.807) is 4.90 Å². The third-order valence-electron chi connectivity index (χ3n) is 3.49. The van der Waals surface area contributed by atoms with Crippen LogP contribution in [0.15, 0.2) is 18.5 Å². The van der Waals surface area contributed by atoms with Gasteiger partial charge in [0, 0.05) is 24.8 Å². The molecule has 2 N–H and O–H groups in total. The van der Waals surface area contributed by atoms with Gasteiger partial charge in [0.2, 0.25) is 0 Å². The van der Waals surface area contributed by atoms with Gasteiger partial charge < -0.3 is 10.6 Å². The van der Waals surface area contributed by atoms with Gasteiger partial charge in [-0.05, 0) is 32.3 Å². The minimum atomic E-state index is -0.491. The van der Waals surface area contributed by atoms with E-state index in [1.165, 1.54) is 12.3 Å². The molecule has 2 atom stereocenters. The number of rotatable bonds is 2. The van der Waals surface area contributed by atoms with Crippen LogP contribution in [-0.4, -0.2) is 34.4 Å². The number of carbonyl (C=O) groups is 1. The quantitative estimate of drug-likeness (QED) is 0.867. The van der Waals surface area contributed by atoms with E-state index in [2.05, 4.69) is 4.98 Å². The SMILES string of the molecule is CC1CCCC(CN)N1C(=O)c1cncc(F)c1. The summed E-state index contributed by atoms with van der Waals surface area (Å²) < 4.78 is 13.1. The Bertz CT molecular complexity index is 438. The number of piperidine rings is 1. The van der Waals surface area contributed by atoms with E-state index in [-0.39, 0.29) is 18.0 Å². The fourth-order valence-corrected chi connectivity index (χ4v) is 2.56. The number of aromatic nitrogens is 1. The van der Waals surface area contributed by atoms with Crippen molar-refractivity contribution in [3.63, 3.8) is 0 Å². The summed E-state index contributed by atoms with van der Waals surface area (Å²) in [7, 11) is 0. The van der Waals surface area contributed by atoms with Gasteiger partial charge in [-0.15, -0.1) is 0 Å². The molecule has 2 rings (SSSR count). The Kier molecular flexibility index (Phi) is 3.91. The molecule has 0 bridgehead atoms. The lowest BCUT2D eigenvalue weighted by atomic mass is 9.95. The Morgan fingerprint density at radius 1 is 1.56 bits per heavy atom. The number of nitrogens with zero attached hydrogens (tertiary/aromatic N) is 2. The van der Waals surface area contributed by atoms with Crippen molar-refractivity contribution in [1.82, 2.24) is 9.88 Å². The first kappa shape index (κ1) is 13.0. The first-order valence-corrected chi connectivity index (χ1v) is 6.26. The molecule has 1 aliphatic heterocycles. The van der Waals surface area contributed by atoms with Crippen LogP contribution < -0.4 is 5.73 Å². The summed E-state index contributed by atoms with van der Waals surface area (Å²) in [6.45, 7) is 2.45. The summed E-state index contributed by atoms with van der Waals surface area (Å²) in [6, 6.07) is 1.41. The molecule has 0 spiro atoms. The zero-order chi connectivity index (χ0) is 13.1. The van der Waals surface area contributed by atoms with E-state index in [1.807, 2.05) is 6.92 Å². The van der Waals surface area contributed by atoms with Crippen molar-refractivity contribution in [3.05, 3.63) is 29.8 Å². The van der Waals surface area contributed by atoms with Crippen molar-refractivity contribution >= 4 is 5.91 Å². The molecule has 1 amide bonds. The van der Waals surface area contributed by atoms with Crippen molar-refractivity contribution in [1.29, 1.82) is 0 Å². The summed E-state index contributed by atoms with van der Waals surface area (Å²) in [5.41, 5.74) is 6.01. The highest BCUT2D eigenvalue weighted by atomic mass is 19.1. The van der Waals surface area contributed by atoms with Crippen LogP contribution in [0.1, 0.15) is 36.5 Å². The monoisotopic (exact) mass is 251 g/mol. The molecule has 1 fully saturated rings. The van der Waals surface area contributed by atoms with Crippen molar-refractivity contribution in [2.75, 3.05) is 6.54 Å². The van der Waals surface area contributed by atoms with E-state index in [0.717, 1.165) is 25.5 Å². The lowest BCUT2D eigenvalue weighted by molar-refractivity contribution is 0.0493. The first-order chi connectivity index (χ1) is 8.63. The zero-order valence-electron chi connectivity index (χ0n) is 10.5. The smallest absolute Gasteiger partial charge is 0.256 e. The zero-order valence-corrected chi connectivity index (χ0v) is 10.5. The van der Waals surface area contributed by atoms with Gasteiger partial charge in [-0.3, -0.25) is 9.78 Å². The van der Waals surface area contributed by atoms with Crippen LogP contribution >= 0.6 is 0 Å². The maximum atomic E-state index is 13.1. The normalized spacial score (nSPS) is 24.1. The van der Waals surface area contributed by atoms with E-state index in [9.17, 15) is 9.18 Å². The summed E-state index contributed by atoms with van der Waals surface area (Å²) >= 11 is 0. The molecular formula is C13H18FN3O. The van der Waals surface area contributed by atoms with Gasteiger partial charge in [-0.1, -0.05) is 0 Å². The summed E-state index contributed by atoms with van der Waals surface area (Å²) in [5.74, 6) is -0.667. The fraction of sp³-hybridized carbons (Fsp3) is 0.538. The molecule has 5 heteroatoms. The molecule has 1 aromatic heterocycles. The molecule has 0 radical (unpaired) electrons. The highest BCUT2D eigenvalue weighted by Gasteiger charge is 2.31. The van der Waals surface area contributed by atoms with Crippen LogP contribution in [0.4, 0.5) is 4.39 Å². The van der Waals surface area contributed by atoms with Gasteiger partial charge >= 0.3 is 0 Å². The Balaban J connectivity index is 2.25. The number of nitrogens with two attached hydrogens (primary N) is 1. The van der Waals surface area contributed by atoms with Crippen molar-refractivity contribution in [3.8, 4) is 0 Å². The van der Waals surface area contributed by atoms with Crippen LogP contribution in [0.3, 0.4) is 0 Å². The van der Waals surface area contributed by atoms with Crippen molar-refractivity contribution in [2.45, 2.75) is 38.3 Å². The van der Waals surface area contributed by atoms with Gasteiger partial charge in [0.15, 0.2) is 0 Å². The number of likely N-dealkylation sites (tertiary alicyclic amines) is 1. The van der Waals surface area contributed by atoms with Gasteiger partial charge in [0.25, 0.3) is 5.91 Å². The van der Waals surface area contributed by atoms with E-state index in [4.69, 9.17) is 5.73 Å². The molecule has 1 saturated heterocycles. The molecule has 98 valence electrons. The average Bonchev–Trinajstić information content (AvgIpc) is 2.37. The van der Waals surface area contributed by atoms with E-state index < -0.39 is 5.82 Å². The average molecular weight is 251 g/mol. The van der Waals surface area contributed by atoms with Gasteiger partial charge in [0.05, 0.1) is 11.8 Å². The lowest BCUT2D eigenvalue weighted by Gasteiger charge is -2.40. The second-order valence-corrected chi connectivity index (χ2v) is 4.77. The summed E-state index contributed by atoms with van der Waals surface area (Å²) in [4.78, 5) is 17.9. The molecule has 1 aromatic rings. The number of hydrogen-bond acceptors (Lipinski definition) is 3. The lowest BCUT2D eigenvalue weighted by Crippen LogP contribution is -2.51. The Morgan fingerprint density at radius 3 is 3.00 bits per heavy atom. The largest absolute Gasteiger partial charge is 0.332 e. The topological polar surface area (TPSA) is 59.2 Å².